The predicted octanol–water partition coefficient (Wildman–Crippen LogP) is 3.57. The Morgan fingerprint density at radius 1 is 0.958 bits per heavy atom. The third kappa shape index (κ3) is 3.57. The topological polar surface area (TPSA) is 53.8 Å². The van der Waals surface area contributed by atoms with Gasteiger partial charge in [0.25, 0.3) is 11.8 Å². The number of carbonyl (C=O) groups excluding carboxylic acids is 2. The summed E-state index contributed by atoms with van der Waals surface area (Å²) in [7, 11) is 0. The summed E-state index contributed by atoms with van der Waals surface area (Å²) >= 11 is 12.0. The summed E-state index contributed by atoms with van der Waals surface area (Å²) in [5, 5.41) is 0.822. The highest BCUT2D eigenvalue weighted by atomic mass is 35.5. The van der Waals surface area contributed by atoms with Crippen molar-refractivity contribution in [2.75, 3.05) is 26.2 Å². The molecule has 5 nitrogen and oxygen atoms in total. The molecule has 1 aliphatic heterocycles. The summed E-state index contributed by atoms with van der Waals surface area (Å²) in [5.74, 6) is 0.0123. The molecule has 0 aliphatic carbocycles. The first kappa shape index (κ1) is 16.9. The van der Waals surface area contributed by atoms with E-state index in [1.165, 1.54) is 6.26 Å². The van der Waals surface area contributed by atoms with E-state index in [0.29, 0.717) is 54.0 Å². The number of hydrogen-bond acceptors (Lipinski definition) is 3. The molecular formula is C17H16Cl2N2O3. The lowest BCUT2D eigenvalue weighted by molar-refractivity contribution is 0.0700. The van der Waals surface area contributed by atoms with Crippen molar-refractivity contribution < 1.29 is 14.0 Å². The Morgan fingerprint density at radius 2 is 1.67 bits per heavy atom. The quantitative estimate of drug-likeness (QED) is 0.816. The van der Waals surface area contributed by atoms with Gasteiger partial charge in [0.1, 0.15) is 0 Å². The fraction of sp³-hybridized carbons (Fsp3) is 0.294. The molecule has 1 saturated heterocycles. The van der Waals surface area contributed by atoms with Gasteiger partial charge in [0.05, 0.1) is 16.8 Å². The van der Waals surface area contributed by atoms with Crippen LogP contribution in [0.1, 0.15) is 27.3 Å². The molecule has 2 heterocycles. The summed E-state index contributed by atoms with van der Waals surface area (Å²) in [5.41, 5.74) is 0.423. The first-order valence-corrected chi connectivity index (χ1v) is 8.39. The van der Waals surface area contributed by atoms with E-state index in [4.69, 9.17) is 27.6 Å². The molecule has 7 heteroatoms. The Bertz CT molecular complexity index is 746. The molecule has 2 aromatic rings. The second-order valence-corrected chi connectivity index (χ2v) is 6.38. The van der Waals surface area contributed by atoms with E-state index in [1.54, 1.807) is 40.1 Å². The van der Waals surface area contributed by atoms with E-state index in [2.05, 4.69) is 0 Å². The smallest absolute Gasteiger partial charge is 0.289 e. The molecule has 0 unspecified atom stereocenters. The molecule has 1 aromatic carbocycles. The maximum absolute atomic E-state index is 12.7. The first-order chi connectivity index (χ1) is 11.6. The molecule has 0 atom stereocenters. The van der Waals surface area contributed by atoms with E-state index >= 15 is 0 Å². The van der Waals surface area contributed by atoms with Gasteiger partial charge >= 0.3 is 0 Å². The number of amides is 2. The number of hydrogen-bond donors (Lipinski definition) is 0. The van der Waals surface area contributed by atoms with E-state index in [9.17, 15) is 9.59 Å². The number of nitrogens with zero attached hydrogens (tertiary/aromatic N) is 2. The lowest BCUT2D eigenvalue weighted by Crippen LogP contribution is -2.37. The largest absolute Gasteiger partial charge is 0.459 e. The van der Waals surface area contributed by atoms with Gasteiger partial charge in [-0.15, -0.1) is 0 Å². The Morgan fingerprint density at radius 3 is 2.29 bits per heavy atom. The molecule has 1 fully saturated rings. The van der Waals surface area contributed by atoms with E-state index in [1.807, 2.05) is 0 Å². The van der Waals surface area contributed by atoms with E-state index < -0.39 is 0 Å². The summed E-state index contributed by atoms with van der Waals surface area (Å²) < 4.78 is 5.16. The van der Waals surface area contributed by atoms with Crippen LogP contribution < -0.4 is 0 Å². The molecule has 24 heavy (non-hydrogen) atoms. The third-order valence-corrected chi connectivity index (χ3v) is 4.51. The average molecular weight is 367 g/mol. The zero-order valence-corrected chi connectivity index (χ0v) is 14.4. The highest BCUT2D eigenvalue weighted by molar-refractivity contribution is 6.36. The van der Waals surface area contributed by atoms with Gasteiger partial charge < -0.3 is 14.2 Å². The minimum absolute atomic E-state index is 0.149. The molecule has 0 spiro atoms. The number of benzene rings is 1. The number of carbonyl (C=O) groups is 2. The molecule has 0 radical (unpaired) electrons. The highest BCUT2D eigenvalue weighted by Crippen LogP contribution is 2.23. The van der Waals surface area contributed by atoms with Crippen LogP contribution >= 0.6 is 23.2 Å². The van der Waals surface area contributed by atoms with Crippen molar-refractivity contribution in [2.45, 2.75) is 6.42 Å². The van der Waals surface area contributed by atoms with Crippen LogP contribution in [0.3, 0.4) is 0 Å². The Kier molecular flexibility index (Phi) is 5.11. The van der Waals surface area contributed by atoms with Crippen molar-refractivity contribution in [1.82, 2.24) is 9.80 Å². The lowest BCUT2D eigenvalue weighted by Gasteiger charge is -2.22. The fourth-order valence-electron chi connectivity index (χ4n) is 2.71. The molecule has 0 N–H and O–H groups in total. The molecule has 3 rings (SSSR count). The number of furan rings is 1. The van der Waals surface area contributed by atoms with Crippen LogP contribution in [0.25, 0.3) is 0 Å². The summed E-state index contributed by atoms with van der Waals surface area (Å²) in [6.45, 7) is 2.05. The molecule has 2 amide bonds. The summed E-state index contributed by atoms with van der Waals surface area (Å²) in [6, 6.07) is 8.16. The SMILES string of the molecule is O=C(c1ccco1)N1CCCN(C(=O)c2ccc(Cl)cc2Cl)CC1. The normalized spacial score (nSPS) is 15.2. The maximum atomic E-state index is 12.7. The van der Waals surface area contributed by atoms with Gasteiger partial charge in [-0.25, -0.2) is 0 Å². The van der Waals surface area contributed by atoms with E-state index in [0.717, 1.165) is 0 Å². The van der Waals surface area contributed by atoms with Crippen molar-refractivity contribution >= 4 is 35.0 Å². The van der Waals surface area contributed by atoms with Gasteiger partial charge in [0, 0.05) is 31.2 Å². The fourth-order valence-corrected chi connectivity index (χ4v) is 3.20. The Hall–Kier alpha value is -1.98. The van der Waals surface area contributed by atoms with Crippen LogP contribution in [0.4, 0.5) is 0 Å². The van der Waals surface area contributed by atoms with Crippen molar-refractivity contribution in [3.05, 3.63) is 58.0 Å². The van der Waals surface area contributed by atoms with Crippen molar-refractivity contribution in [3.63, 3.8) is 0 Å². The molecule has 0 bridgehead atoms. The highest BCUT2D eigenvalue weighted by Gasteiger charge is 2.25. The first-order valence-electron chi connectivity index (χ1n) is 7.63. The number of rotatable bonds is 2. The summed E-state index contributed by atoms with van der Waals surface area (Å²) in [4.78, 5) is 28.4. The van der Waals surface area contributed by atoms with Crippen LogP contribution in [-0.4, -0.2) is 47.8 Å². The van der Waals surface area contributed by atoms with Crippen LogP contribution in [0.15, 0.2) is 41.0 Å². The second kappa shape index (κ2) is 7.28. The minimum atomic E-state index is -0.154. The molecular weight excluding hydrogens is 351 g/mol. The van der Waals surface area contributed by atoms with E-state index in [-0.39, 0.29) is 11.8 Å². The van der Waals surface area contributed by atoms with Gasteiger partial charge in [0.15, 0.2) is 5.76 Å². The molecule has 1 aromatic heterocycles. The van der Waals surface area contributed by atoms with Crippen molar-refractivity contribution in [1.29, 1.82) is 0 Å². The van der Waals surface area contributed by atoms with Gasteiger partial charge in [-0.05, 0) is 36.8 Å². The minimum Gasteiger partial charge on any atom is -0.459 e. The van der Waals surface area contributed by atoms with Crippen LogP contribution in [0.5, 0.6) is 0 Å². The van der Waals surface area contributed by atoms with Crippen LogP contribution in [0.2, 0.25) is 10.0 Å². The second-order valence-electron chi connectivity index (χ2n) is 5.54. The maximum Gasteiger partial charge on any atom is 0.289 e. The Balaban J connectivity index is 1.69. The summed E-state index contributed by atoms with van der Waals surface area (Å²) in [6.07, 6.45) is 2.17. The lowest BCUT2D eigenvalue weighted by atomic mass is 10.2. The average Bonchev–Trinajstić information content (AvgIpc) is 2.98. The molecule has 0 saturated carbocycles. The van der Waals surface area contributed by atoms with Crippen LogP contribution in [-0.2, 0) is 0 Å². The van der Waals surface area contributed by atoms with Gasteiger partial charge in [-0.1, -0.05) is 23.2 Å². The van der Waals surface area contributed by atoms with Gasteiger partial charge in [-0.3, -0.25) is 9.59 Å². The predicted molar refractivity (Wildman–Crippen MR) is 91.6 cm³/mol. The molecule has 126 valence electrons. The zero-order valence-electron chi connectivity index (χ0n) is 12.9. The zero-order chi connectivity index (χ0) is 17.1. The van der Waals surface area contributed by atoms with Crippen molar-refractivity contribution in [3.8, 4) is 0 Å². The monoisotopic (exact) mass is 366 g/mol. The standard InChI is InChI=1S/C17H16Cl2N2O3/c18-12-4-5-13(14(19)11-12)16(22)20-6-2-7-21(9-8-20)17(23)15-3-1-10-24-15/h1,3-5,10-11H,2,6-9H2. The third-order valence-electron chi connectivity index (χ3n) is 3.96. The Labute approximate surface area is 149 Å². The molecule has 1 aliphatic rings. The van der Waals surface area contributed by atoms with Gasteiger partial charge in [-0.2, -0.15) is 0 Å². The van der Waals surface area contributed by atoms with Crippen molar-refractivity contribution in [2.24, 2.45) is 0 Å². The number of halogens is 2. The van der Waals surface area contributed by atoms with Crippen LogP contribution in [0, 0.1) is 0 Å². The van der Waals surface area contributed by atoms with Gasteiger partial charge in [0.2, 0.25) is 0 Å².